The maximum atomic E-state index is 13.8. The molecule has 1 aromatic heterocycles. The fourth-order valence-corrected chi connectivity index (χ4v) is 4.26. The van der Waals surface area contributed by atoms with Gasteiger partial charge in [-0.1, -0.05) is 12.1 Å². The molecule has 2 heterocycles. The summed E-state index contributed by atoms with van der Waals surface area (Å²) in [5, 5.41) is 5.78. The van der Waals surface area contributed by atoms with Gasteiger partial charge in [-0.3, -0.25) is 0 Å². The quantitative estimate of drug-likeness (QED) is 0.899. The molecule has 0 fully saturated rings. The minimum Gasteiger partial charge on any atom is -0.333 e. The molecule has 116 valence electrons. The normalized spacial score (nSPS) is 16.9. The summed E-state index contributed by atoms with van der Waals surface area (Å²) < 4.78 is 13.8. The zero-order chi connectivity index (χ0) is 15.5. The number of amides is 2. The van der Waals surface area contributed by atoms with Crippen molar-refractivity contribution in [1.82, 2.24) is 15.6 Å². The van der Waals surface area contributed by atoms with Gasteiger partial charge in [0.25, 0.3) is 0 Å². The molecular formula is C15H16FN3OS2. The van der Waals surface area contributed by atoms with Crippen molar-refractivity contribution in [1.29, 1.82) is 0 Å². The van der Waals surface area contributed by atoms with Gasteiger partial charge in [0.1, 0.15) is 5.82 Å². The lowest BCUT2D eigenvalue weighted by molar-refractivity contribution is 0.236. The number of aryl methyl sites for hydroxylation is 1. The maximum absolute atomic E-state index is 13.8. The van der Waals surface area contributed by atoms with Crippen molar-refractivity contribution in [3.8, 4) is 0 Å². The van der Waals surface area contributed by atoms with Crippen molar-refractivity contribution >= 4 is 29.1 Å². The number of hydrogen-bond acceptors (Lipinski definition) is 4. The zero-order valence-electron chi connectivity index (χ0n) is 12.1. The molecule has 0 spiro atoms. The van der Waals surface area contributed by atoms with Gasteiger partial charge in [0, 0.05) is 15.5 Å². The van der Waals surface area contributed by atoms with Crippen molar-refractivity contribution in [3.63, 3.8) is 0 Å². The second-order valence-electron chi connectivity index (χ2n) is 5.04. The highest BCUT2D eigenvalue weighted by atomic mass is 32.2. The Hall–Kier alpha value is -1.60. The van der Waals surface area contributed by atoms with Crippen LogP contribution >= 0.6 is 23.1 Å². The van der Waals surface area contributed by atoms with Gasteiger partial charge < -0.3 is 10.6 Å². The fourth-order valence-electron chi connectivity index (χ4n) is 2.40. The van der Waals surface area contributed by atoms with Crippen LogP contribution in [0.1, 0.15) is 28.6 Å². The largest absolute Gasteiger partial charge is 0.333 e. The number of urea groups is 1. The van der Waals surface area contributed by atoms with Gasteiger partial charge in [-0.2, -0.15) is 0 Å². The Bertz CT molecular complexity index is 689. The van der Waals surface area contributed by atoms with Crippen LogP contribution in [-0.4, -0.2) is 16.8 Å². The maximum Gasteiger partial charge on any atom is 0.315 e. The molecule has 0 aliphatic carbocycles. The first-order valence-electron chi connectivity index (χ1n) is 6.99. The highest BCUT2D eigenvalue weighted by Gasteiger charge is 2.24. The molecule has 22 heavy (non-hydrogen) atoms. The Balaban J connectivity index is 1.63. The number of hydrogen-bond donors (Lipinski definition) is 2. The van der Waals surface area contributed by atoms with Crippen molar-refractivity contribution in [2.75, 3.05) is 5.75 Å². The molecule has 0 bridgehead atoms. The highest BCUT2D eigenvalue weighted by molar-refractivity contribution is 7.99. The average molecular weight is 337 g/mol. The summed E-state index contributed by atoms with van der Waals surface area (Å²) in [6.07, 6.45) is 0.800. The lowest BCUT2D eigenvalue weighted by Gasteiger charge is -2.26. The lowest BCUT2D eigenvalue weighted by Crippen LogP contribution is -2.38. The van der Waals surface area contributed by atoms with Gasteiger partial charge >= 0.3 is 6.03 Å². The molecule has 7 heteroatoms. The second-order valence-corrected chi connectivity index (χ2v) is 7.08. The standard InChI is InChI=1S/C15H16FN3OS2/c1-9-13(22-8-18-9)7-17-15(20)19-12-5-6-21-14-10(12)3-2-4-11(14)16/h2-4,8,12H,5-7H2,1H3,(H2,17,19,20). The number of aromatic nitrogens is 1. The van der Waals surface area contributed by atoms with E-state index in [-0.39, 0.29) is 17.9 Å². The van der Waals surface area contributed by atoms with Gasteiger partial charge in [0.05, 0.1) is 23.8 Å². The van der Waals surface area contributed by atoms with Crippen LogP contribution in [-0.2, 0) is 6.54 Å². The molecule has 3 rings (SSSR count). The monoisotopic (exact) mass is 337 g/mol. The number of thiazole rings is 1. The van der Waals surface area contributed by atoms with Crippen LogP contribution in [0.3, 0.4) is 0 Å². The number of nitrogens with zero attached hydrogens (tertiary/aromatic N) is 1. The van der Waals surface area contributed by atoms with E-state index in [0.29, 0.717) is 11.4 Å². The molecule has 0 radical (unpaired) electrons. The van der Waals surface area contributed by atoms with Crippen LogP contribution in [0.25, 0.3) is 0 Å². The minimum absolute atomic E-state index is 0.144. The van der Waals surface area contributed by atoms with E-state index in [0.717, 1.165) is 28.3 Å². The predicted molar refractivity (Wildman–Crippen MR) is 86.7 cm³/mol. The van der Waals surface area contributed by atoms with Crippen molar-refractivity contribution < 1.29 is 9.18 Å². The molecule has 4 nitrogen and oxygen atoms in total. The molecule has 1 aromatic carbocycles. The van der Waals surface area contributed by atoms with E-state index < -0.39 is 0 Å². The molecule has 2 N–H and O–H groups in total. The van der Waals surface area contributed by atoms with E-state index in [1.54, 1.807) is 11.6 Å². The average Bonchev–Trinajstić information content (AvgIpc) is 2.92. The smallest absolute Gasteiger partial charge is 0.315 e. The van der Waals surface area contributed by atoms with Gasteiger partial charge in [-0.05, 0) is 25.0 Å². The summed E-state index contributed by atoms with van der Waals surface area (Å²) in [6.45, 7) is 2.38. The summed E-state index contributed by atoms with van der Waals surface area (Å²) in [4.78, 5) is 17.9. The SMILES string of the molecule is Cc1ncsc1CNC(=O)NC1CCSc2c(F)cccc21. The Morgan fingerprint density at radius 3 is 3.14 bits per heavy atom. The Labute approximate surface area is 136 Å². The zero-order valence-corrected chi connectivity index (χ0v) is 13.7. The number of carbonyl (C=O) groups is 1. The fraction of sp³-hybridized carbons (Fsp3) is 0.333. The van der Waals surface area contributed by atoms with E-state index in [4.69, 9.17) is 0 Å². The highest BCUT2D eigenvalue weighted by Crippen LogP contribution is 2.37. The first-order chi connectivity index (χ1) is 10.6. The lowest BCUT2D eigenvalue weighted by atomic mass is 10.0. The molecule has 2 aromatic rings. The summed E-state index contributed by atoms with van der Waals surface area (Å²) in [7, 11) is 0. The van der Waals surface area contributed by atoms with Crippen LogP contribution < -0.4 is 10.6 Å². The van der Waals surface area contributed by atoms with E-state index in [1.165, 1.54) is 29.2 Å². The van der Waals surface area contributed by atoms with Crippen LogP contribution in [0.2, 0.25) is 0 Å². The molecule has 1 atom stereocenters. The first-order valence-corrected chi connectivity index (χ1v) is 8.86. The number of thioether (sulfide) groups is 1. The first kappa shape index (κ1) is 15.3. The molecule has 1 unspecified atom stereocenters. The van der Waals surface area contributed by atoms with Crippen molar-refractivity contribution in [3.05, 3.63) is 45.7 Å². The van der Waals surface area contributed by atoms with Gasteiger partial charge in [-0.25, -0.2) is 14.2 Å². The van der Waals surface area contributed by atoms with E-state index >= 15 is 0 Å². The van der Waals surface area contributed by atoms with E-state index in [2.05, 4.69) is 15.6 Å². The van der Waals surface area contributed by atoms with Crippen LogP contribution in [0.5, 0.6) is 0 Å². The summed E-state index contributed by atoms with van der Waals surface area (Å²) in [5.74, 6) is 0.585. The van der Waals surface area contributed by atoms with Crippen molar-refractivity contribution in [2.45, 2.75) is 30.8 Å². The van der Waals surface area contributed by atoms with E-state index in [9.17, 15) is 9.18 Å². The number of rotatable bonds is 3. The number of halogens is 1. The number of nitrogens with one attached hydrogen (secondary N) is 2. The molecule has 1 aliphatic rings. The third-order valence-corrected chi connectivity index (χ3v) is 5.68. The third-order valence-electron chi connectivity index (χ3n) is 3.59. The Morgan fingerprint density at radius 1 is 1.50 bits per heavy atom. The van der Waals surface area contributed by atoms with E-state index in [1.807, 2.05) is 13.0 Å². The number of carbonyl (C=O) groups excluding carboxylic acids is 1. The Kier molecular flexibility index (Phi) is 4.63. The summed E-state index contributed by atoms with van der Waals surface area (Å²) in [6, 6.07) is 4.64. The second kappa shape index (κ2) is 6.66. The van der Waals surface area contributed by atoms with Crippen LogP contribution in [0.4, 0.5) is 9.18 Å². The summed E-state index contributed by atoms with van der Waals surface area (Å²) >= 11 is 3.03. The molecule has 2 amide bonds. The molecule has 0 saturated carbocycles. The molecule has 1 aliphatic heterocycles. The summed E-state index contributed by atoms with van der Waals surface area (Å²) in [5.41, 5.74) is 3.56. The van der Waals surface area contributed by atoms with Crippen molar-refractivity contribution in [2.24, 2.45) is 0 Å². The number of fused-ring (bicyclic) bond motifs is 1. The topological polar surface area (TPSA) is 54.0 Å². The van der Waals surface area contributed by atoms with Gasteiger partial charge in [0.15, 0.2) is 0 Å². The van der Waals surface area contributed by atoms with Gasteiger partial charge in [0.2, 0.25) is 0 Å². The molecular weight excluding hydrogens is 321 g/mol. The number of benzene rings is 1. The molecule has 0 saturated heterocycles. The predicted octanol–water partition coefficient (Wildman–Crippen LogP) is 3.63. The van der Waals surface area contributed by atoms with Crippen LogP contribution in [0.15, 0.2) is 28.6 Å². The Morgan fingerprint density at radius 2 is 2.36 bits per heavy atom. The minimum atomic E-state index is -0.236. The van der Waals surface area contributed by atoms with Gasteiger partial charge in [-0.15, -0.1) is 23.1 Å². The van der Waals surface area contributed by atoms with Crippen LogP contribution in [0, 0.1) is 12.7 Å². The third kappa shape index (κ3) is 3.25.